The lowest BCUT2D eigenvalue weighted by Crippen LogP contribution is -1.81. The molecule has 0 fully saturated rings. The van der Waals surface area contributed by atoms with Crippen LogP contribution in [-0.2, 0) is 0 Å². The Bertz CT molecular complexity index is 2790. The maximum absolute atomic E-state index is 6.79. The SMILES string of the molecule is c1ccc2c(c1)oc1ccc(-c3cc4oc5cc(-c6ccc7oc8ccccc8c7c6)c6ccsc6c5c4c4sccc34)cc12. The van der Waals surface area contributed by atoms with Crippen molar-refractivity contribution < 1.29 is 13.3 Å². The molecule has 3 nitrogen and oxygen atoms in total. The second-order valence-electron chi connectivity index (χ2n) is 11.6. The fraction of sp³-hybridized carbons (Fsp3) is 0. The molecule has 0 aliphatic carbocycles. The molecule has 0 radical (unpaired) electrons. The molecule has 0 aliphatic heterocycles. The first-order valence-corrected chi connectivity index (χ1v) is 16.6. The van der Waals surface area contributed by atoms with Gasteiger partial charge in [-0.1, -0.05) is 48.5 Å². The van der Waals surface area contributed by atoms with Crippen LogP contribution in [0.25, 0.3) is 108 Å². The van der Waals surface area contributed by atoms with Crippen molar-refractivity contribution >= 4 is 109 Å². The standard InChI is InChI=1S/C40H20O3S2/c1-3-7-31-23(5-1)29-17-21(9-11-33(29)41-31)27-19-35-37(39-25(27)13-15-44-39)38-36(43-35)20-28(26-14-16-45-40(26)38)22-10-12-34-30(18-22)24-6-2-4-8-32(24)42-34/h1-20H. The molecule has 0 unspecified atom stereocenters. The molecule has 0 N–H and O–H groups in total. The lowest BCUT2D eigenvalue weighted by atomic mass is 9.96. The summed E-state index contributed by atoms with van der Waals surface area (Å²) in [5, 5.41) is 13.8. The first kappa shape index (κ1) is 24.0. The lowest BCUT2D eigenvalue weighted by Gasteiger charge is -2.07. The van der Waals surface area contributed by atoms with Gasteiger partial charge in [0, 0.05) is 52.5 Å². The lowest BCUT2D eigenvalue weighted by molar-refractivity contribution is 0.668. The molecule has 0 amide bonds. The second-order valence-corrected chi connectivity index (χ2v) is 13.5. The van der Waals surface area contributed by atoms with Gasteiger partial charge in [-0.15, -0.1) is 22.7 Å². The van der Waals surface area contributed by atoms with E-state index in [1.54, 1.807) is 22.7 Å². The van der Waals surface area contributed by atoms with E-state index in [-0.39, 0.29) is 0 Å². The zero-order chi connectivity index (χ0) is 29.2. The third kappa shape index (κ3) is 3.23. The minimum Gasteiger partial charge on any atom is -0.456 e. The zero-order valence-corrected chi connectivity index (χ0v) is 25.2. The van der Waals surface area contributed by atoms with E-state index >= 15 is 0 Å². The van der Waals surface area contributed by atoms with Gasteiger partial charge in [0.05, 0.1) is 0 Å². The predicted octanol–water partition coefficient (Wildman–Crippen LogP) is 13.1. The molecule has 6 aromatic carbocycles. The molecule has 0 atom stereocenters. The Morgan fingerprint density at radius 3 is 1.31 bits per heavy atom. The van der Waals surface area contributed by atoms with Gasteiger partial charge >= 0.3 is 0 Å². The maximum atomic E-state index is 6.79. The van der Waals surface area contributed by atoms with Crippen LogP contribution in [0.5, 0.6) is 0 Å². The Labute approximate surface area is 263 Å². The van der Waals surface area contributed by atoms with Crippen LogP contribution in [0.15, 0.2) is 133 Å². The van der Waals surface area contributed by atoms with Crippen LogP contribution in [0.1, 0.15) is 0 Å². The van der Waals surface area contributed by atoms with Crippen LogP contribution in [0.4, 0.5) is 0 Å². The molecule has 0 spiro atoms. The highest BCUT2D eigenvalue weighted by molar-refractivity contribution is 7.19. The number of benzene rings is 6. The van der Waals surface area contributed by atoms with Gasteiger partial charge in [-0.05, 0) is 93.7 Å². The van der Waals surface area contributed by atoms with Crippen LogP contribution in [0.2, 0.25) is 0 Å². The van der Waals surface area contributed by atoms with E-state index in [9.17, 15) is 0 Å². The highest BCUT2D eigenvalue weighted by Gasteiger charge is 2.21. The molecule has 0 bridgehead atoms. The molecule has 5 heterocycles. The molecular formula is C40H20O3S2. The number of hydrogen-bond donors (Lipinski definition) is 0. The van der Waals surface area contributed by atoms with Crippen molar-refractivity contribution in [3.63, 3.8) is 0 Å². The van der Waals surface area contributed by atoms with E-state index in [4.69, 9.17) is 13.3 Å². The van der Waals surface area contributed by atoms with E-state index in [1.807, 2.05) is 24.3 Å². The molecule has 0 saturated carbocycles. The van der Waals surface area contributed by atoms with E-state index < -0.39 is 0 Å². The minimum absolute atomic E-state index is 0.903. The summed E-state index contributed by atoms with van der Waals surface area (Å²) in [5.41, 5.74) is 10.1. The smallest absolute Gasteiger partial charge is 0.137 e. The summed E-state index contributed by atoms with van der Waals surface area (Å²) in [4.78, 5) is 0. The molecule has 5 heteroatoms. The van der Waals surface area contributed by atoms with E-state index in [2.05, 4.69) is 95.7 Å². The largest absolute Gasteiger partial charge is 0.456 e. The minimum atomic E-state index is 0.903. The Kier molecular flexibility index (Phi) is 4.61. The van der Waals surface area contributed by atoms with Gasteiger partial charge in [0.15, 0.2) is 0 Å². The van der Waals surface area contributed by atoms with Crippen LogP contribution >= 0.6 is 22.7 Å². The fourth-order valence-corrected chi connectivity index (χ4v) is 9.16. The Morgan fingerprint density at radius 2 is 0.800 bits per heavy atom. The predicted molar refractivity (Wildman–Crippen MR) is 190 cm³/mol. The first-order chi connectivity index (χ1) is 22.3. The van der Waals surface area contributed by atoms with Crippen LogP contribution < -0.4 is 0 Å². The molecule has 45 heavy (non-hydrogen) atoms. The van der Waals surface area contributed by atoms with Gasteiger partial charge in [0.2, 0.25) is 0 Å². The van der Waals surface area contributed by atoms with Crippen molar-refractivity contribution in [2.45, 2.75) is 0 Å². The summed E-state index contributed by atoms with van der Waals surface area (Å²) in [7, 11) is 0. The van der Waals surface area contributed by atoms with Crippen molar-refractivity contribution in [1.82, 2.24) is 0 Å². The van der Waals surface area contributed by atoms with Crippen molar-refractivity contribution in [2.24, 2.45) is 0 Å². The van der Waals surface area contributed by atoms with Gasteiger partial charge in [0.1, 0.15) is 33.5 Å². The zero-order valence-electron chi connectivity index (χ0n) is 23.6. The number of rotatable bonds is 2. The van der Waals surface area contributed by atoms with Crippen molar-refractivity contribution in [3.8, 4) is 22.3 Å². The Balaban J connectivity index is 1.17. The molecule has 11 aromatic rings. The van der Waals surface area contributed by atoms with Crippen molar-refractivity contribution in [3.05, 3.63) is 120 Å². The van der Waals surface area contributed by atoms with Gasteiger partial charge in [-0.3, -0.25) is 0 Å². The number of hydrogen-bond acceptors (Lipinski definition) is 5. The summed E-state index contributed by atoms with van der Waals surface area (Å²) >= 11 is 3.57. The highest BCUT2D eigenvalue weighted by atomic mass is 32.1. The van der Waals surface area contributed by atoms with Crippen LogP contribution in [0, 0.1) is 0 Å². The molecular weight excluding hydrogens is 593 g/mol. The van der Waals surface area contributed by atoms with E-state index in [1.165, 1.54) is 42.1 Å². The average molecular weight is 613 g/mol. The Morgan fingerprint density at radius 1 is 0.356 bits per heavy atom. The number of para-hydroxylation sites is 2. The fourth-order valence-electron chi connectivity index (χ4n) is 7.23. The highest BCUT2D eigenvalue weighted by Crippen LogP contribution is 2.48. The molecule has 210 valence electrons. The molecule has 11 rings (SSSR count). The number of furan rings is 3. The van der Waals surface area contributed by atoms with Crippen LogP contribution in [0.3, 0.4) is 0 Å². The van der Waals surface area contributed by atoms with Gasteiger partial charge < -0.3 is 13.3 Å². The van der Waals surface area contributed by atoms with Gasteiger partial charge in [-0.2, -0.15) is 0 Å². The summed E-state index contributed by atoms with van der Waals surface area (Å²) in [5.74, 6) is 0. The third-order valence-corrected chi connectivity index (χ3v) is 11.1. The van der Waals surface area contributed by atoms with Gasteiger partial charge in [0.25, 0.3) is 0 Å². The quantitative estimate of drug-likeness (QED) is 0.195. The maximum Gasteiger partial charge on any atom is 0.137 e. The molecule has 0 aliphatic rings. The van der Waals surface area contributed by atoms with E-state index in [0.29, 0.717) is 0 Å². The summed E-state index contributed by atoms with van der Waals surface area (Å²) in [6, 6.07) is 38.5. The summed E-state index contributed by atoms with van der Waals surface area (Å²) in [6.07, 6.45) is 0. The Hall–Kier alpha value is -5.36. The number of thiophene rings is 2. The average Bonchev–Trinajstić information content (AvgIpc) is 3.90. The first-order valence-electron chi connectivity index (χ1n) is 14.9. The molecule has 0 saturated heterocycles. The normalized spacial score (nSPS) is 12.4. The molecule has 5 aromatic heterocycles. The third-order valence-electron chi connectivity index (χ3n) is 9.25. The topological polar surface area (TPSA) is 39.4 Å². The summed E-state index contributed by atoms with van der Waals surface area (Å²) < 4.78 is 21.6. The monoisotopic (exact) mass is 612 g/mol. The van der Waals surface area contributed by atoms with Gasteiger partial charge in [-0.25, -0.2) is 0 Å². The van der Waals surface area contributed by atoms with E-state index in [0.717, 1.165) is 66.2 Å². The van der Waals surface area contributed by atoms with Crippen molar-refractivity contribution in [1.29, 1.82) is 0 Å². The summed E-state index contributed by atoms with van der Waals surface area (Å²) in [6.45, 7) is 0. The van der Waals surface area contributed by atoms with Crippen LogP contribution in [-0.4, -0.2) is 0 Å². The van der Waals surface area contributed by atoms with Crippen molar-refractivity contribution in [2.75, 3.05) is 0 Å². The number of fused-ring (bicyclic) bond motifs is 13. The second kappa shape index (κ2) is 8.63.